The zero-order chi connectivity index (χ0) is 20.4. The molecule has 1 saturated heterocycles. The summed E-state index contributed by atoms with van der Waals surface area (Å²) >= 11 is 0. The molecular weight excluding hydrogens is 414 g/mol. The summed E-state index contributed by atoms with van der Waals surface area (Å²) in [5.41, 5.74) is -0.965. The number of carbonyl (C=O) groups excluding carboxylic acids is 1. The van der Waals surface area contributed by atoms with Gasteiger partial charge in [-0.3, -0.25) is 4.79 Å². The third kappa shape index (κ3) is 3.08. The van der Waals surface area contributed by atoms with Gasteiger partial charge in [-0.05, 0) is 69.1 Å². The number of hydrogen-bond acceptors (Lipinski definition) is 5. The SMILES string of the molecule is O=C(NS(=O)(=O)C(F)(F)S(=O)(=O)N1CCCCC1)C12CC3CC(CC(C3)C1)C2. The van der Waals surface area contributed by atoms with Crippen molar-refractivity contribution in [2.24, 2.45) is 23.2 Å². The number of amides is 1. The van der Waals surface area contributed by atoms with Crippen molar-refractivity contribution >= 4 is 26.0 Å². The molecule has 7 nitrogen and oxygen atoms in total. The first kappa shape index (κ1) is 20.5. The van der Waals surface area contributed by atoms with Gasteiger partial charge in [-0.2, -0.15) is 21.5 Å². The minimum absolute atomic E-state index is 0.142. The van der Waals surface area contributed by atoms with Gasteiger partial charge in [0.05, 0.1) is 5.41 Å². The smallest absolute Gasteiger partial charge is 0.273 e. The Labute approximate surface area is 164 Å². The molecule has 160 valence electrons. The maximum Gasteiger partial charge on any atom is 0.478 e. The molecule has 1 N–H and O–H groups in total. The summed E-state index contributed by atoms with van der Waals surface area (Å²) in [7, 11) is -11.1. The highest BCUT2D eigenvalue weighted by atomic mass is 32.3. The van der Waals surface area contributed by atoms with Crippen molar-refractivity contribution in [1.29, 1.82) is 0 Å². The van der Waals surface area contributed by atoms with Gasteiger partial charge in [-0.15, -0.1) is 0 Å². The van der Waals surface area contributed by atoms with Crippen molar-refractivity contribution in [2.45, 2.75) is 62.4 Å². The molecule has 1 heterocycles. The molecule has 1 amide bonds. The maximum atomic E-state index is 14.7. The molecule has 5 rings (SSSR count). The van der Waals surface area contributed by atoms with E-state index in [2.05, 4.69) is 0 Å². The van der Waals surface area contributed by atoms with Crippen molar-refractivity contribution in [3.05, 3.63) is 0 Å². The molecule has 4 bridgehead atoms. The molecule has 4 aliphatic carbocycles. The molecule has 0 spiro atoms. The van der Waals surface area contributed by atoms with Crippen LogP contribution in [0.3, 0.4) is 0 Å². The molecule has 1 aliphatic heterocycles. The van der Waals surface area contributed by atoms with Gasteiger partial charge in [0.2, 0.25) is 5.91 Å². The highest BCUT2D eigenvalue weighted by Gasteiger charge is 2.63. The predicted octanol–water partition coefficient (Wildman–Crippen LogP) is 2.01. The highest BCUT2D eigenvalue weighted by molar-refractivity contribution is 8.08. The van der Waals surface area contributed by atoms with E-state index in [0.29, 0.717) is 60.6 Å². The molecule has 4 saturated carbocycles. The number of carbonyl (C=O) groups is 1. The first-order valence-corrected chi connectivity index (χ1v) is 12.8. The van der Waals surface area contributed by atoms with Gasteiger partial charge in [0.1, 0.15) is 0 Å². The van der Waals surface area contributed by atoms with Crippen LogP contribution in [-0.2, 0) is 24.8 Å². The van der Waals surface area contributed by atoms with Crippen LogP contribution in [0.25, 0.3) is 0 Å². The molecule has 0 aromatic rings. The maximum absolute atomic E-state index is 14.7. The number of rotatable bonds is 5. The van der Waals surface area contributed by atoms with E-state index in [-0.39, 0.29) is 13.1 Å². The molecule has 5 fully saturated rings. The van der Waals surface area contributed by atoms with Gasteiger partial charge >= 0.3 is 14.6 Å². The fourth-order valence-electron chi connectivity index (χ4n) is 6.07. The van der Waals surface area contributed by atoms with Gasteiger partial charge < -0.3 is 0 Å². The highest BCUT2D eigenvalue weighted by Crippen LogP contribution is 2.60. The summed E-state index contributed by atoms with van der Waals surface area (Å²) in [6.45, 7) is -0.285. The fourth-order valence-corrected chi connectivity index (χ4v) is 9.24. The number of halogens is 2. The molecule has 5 aliphatic rings. The Morgan fingerprint density at radius 2 is 1.36 bits per heavy atom. The summed E-state index contributed by atoms with van der Waals surface area (Å²) in [4.78, 5) is 12.8. The van der Waals surface area contributed by atoms with Crippen molar-refractivity contribution in [2.75, 3.05) is 13.1 Å². The summed E-state index contributed by atoms with van der Waals surface area (Å²) in [6.07, 6.45) is 5.97. The van der Waals surface area contributed by atoms with E-state index in [1.54, 1.807) is 0 Å². The van der Waals surface area contributed by atoms with Crippen molar-refractivity contribution in [3.63, 3.8) is 0 Å². The monoisotopic (exact) mass is 440 g/mol. The quantitative estimate of drug-likeness (QED) is 0.705. The minimum Gasteiger partial charge on any atom is -0.273 e. The second-order valence-electron chi connectivity index (χ2n) is 9.06. The van der Waals surface area contributed by atoms with E-state index < -0.39 is 36.0 Å². The number of nitrogens with one attached hydrogen (secondary N) is 1. The van der Waals surface area contributed by atoms with E-state index >= 15 is 0 Å². The predicted molar refractivity (Wildman–Crippen MR) is 97.0 cm³/mol. The number of nitrogens with zero attached hydrogens (tertiary/aromatic N) is 1. The third-order valence-electron chi connectivity index (χ3n) is 7.02. The van der Waals surface area contributed by atoms with E-state index in [1.807, 2.05) is 0 Å². The Kier molecular flexibility index (Phi) is 4.82. The molecule has 0 aromatic heterocycles. The largest absolute Gasteiger partial charge is 0.478 e. The zero-order valence-corrected chi connectivity index (χ0v) is 17.2. The molecule has 11 heteroatoms. The summed E-state index contributed by atoms with van der Waals surface area (Å²) in [5, 5.41) is 0. The summed E-state index contributed by atoms with van der Waals surface area (Å²) in [6, 6.07) is 0. The average molecular weight is 441 g/mol. The Balaban J connectivity index is 1.55. The normalized spacial score (nSPS) is 36.4. The number of alkyl halides is 2. The lowest BCUT2D eigenvalue weighted by molar-refractivity contribution is -0.144. The van der Waals surface area contributed by atoms with Gasteiger partial charge in [-0.25, -0.2) is 13.1 Å². The lowest BCUT2D eigenvalue weighted by Crippen LogP contribution is -2.58. The average Bonchev–Trinajstić information content (AvgIpc) is 2.60. The summed E-state index contributed by atoms with van der Waals surface area (Å²) < 4.78 is 75.6. The first-order chi connectivity index (χ1) is 13.0. The van der Waals surface area contributed by atoms with Crippen LogP contribution in [0.1, 0.15) is 57.8 Å². The molecule has 0 atom stereocenters. The lowest BCUT2D eigenvalue weighted by Gasteiger charge is -2.55. The molecule has 28 heavy (non-hydrogen) atoms. The summed E-state index contributed by atoms with van der Waals surface area (Å²) in [5.74, 6) is -0.00740. The molecule has 0 radical (unpaired) electrons. The van der Waals surface area contributed by atoms with Crippen LogP contribution in [0, 0.1) is 23.2 Å². The topological polar surface area (TPSA) is 101 Å². The van der Waals surface area contributed by atoms with E-state index in [1.165, 1.54) is 4.72 Å². The second-order valence-corrected chi connectivity index (χ2v) is 13.0. The Hall–Kier alpha value is -0.810. The van der Waals surface area contributed by atoms with Gasteiger partial charge in [-0.1, -0.05) is 6.42 Å². The van der Waals surface area contributed by atoms with Crippen LogP contribution in [-0.4, -0.2) is 44.7 Å². The van der Waals surface area contributed by atoms with Gasteiger partial charge in [0.15, 0.2) is 0 Å². The fraction of sp³-hybridized carbons (Fsp3) is 0.941. The van der Waals surface area contributed by atoms with E-state index in [0.717, 1.165) is 19.3 Å². The standard InChI is InChI=1S/C17H26F2N2O5S2/c18-17(19,28(25,26)21-4-2-1-3-5-21)27(23,24)20-15(22)16-9-12-6-13(10-16)8-14(7-12)11-16/h12-14H,1-11H2,(H,20,22). The number of piperidine rings is 1. The molecular formula is C17H26F2N2O5S2. The minimum atomic E-state index is -5.72. The van der Waals surface area contributed by atoms with Crippen LogP contribution < -0.4 is 4.72 Å². The van der Waals surface area contributed by atoms with Crippen LogP contribution in [0.4, 0.5) is 8.78 Å². The molecule has 0 aromatic carbocycles. The molecule has 0 unspecified atom stereocenters. The van der Waals surface area contributed by atoms with Crippen LogP contribution in [0.15, 0.2) is 0 Å². The van der Waals surface area contributed by atoms with E-state index in [9.17, 15) is 30.4 Å². The first-order valence-electron chi connectivity index (χ1n) is 9.91. The van der Waals surface area contributed by atoms with Crippen molar-refractivity contribution in [3.8, 4) is 0 Å². The van der Waals surface area contributed by atoms with Crippen LogP contribution >= 0.6 is 0 Å². The Bertz CT molecular complexity index is 831. The Morgan fingerprint density at radius 1 is 0.893 bits per heavy atom. The van der Waals surface area contributed by atoms with Crippen molar-refractivity contribution < 1.29 is 30.4 Å². The third-order valence-corrected chi connectivity index (χ3v) is 11.0. The number of sulfonamides is 2. The van der Waals surface area contributed by atoms with E-state index in [4.69, 9.17) is 0 Å². The van der Waals surface area contributed by atoms with Gasteiger partial charge in [0, 0.05) is 13.1 Å². The second kappa shape index (κ2) is 6.60. The van der Waals surface area contributed by atoms with Gasteiger partial charge in [0.25, 0.3) is 10.0 Å². The number of hydrogen-bond donors (Lipinski definition) is 1. The van der Waals surface area contributed by atoms with Crippen LogP contribution in [0.5, 0.6) is 0 Å². The van der Waals surface area contributed by atoms with Crippen LogP contribution in [0.2, 0.25) is 0 Å². The Morgan fingerprint density at radius 3 is 1.82 bits per heavy atom. The van der Waals surface area contributed by atoms with Crippen molar-refractivity contribution in [1.82, 2.24) is 9.03 Å². The lowest BCUT2D eigenvalue weighted by atomic mass is 9.49. The zero-order valence-electron chi connectivity index (χ0n) is 15.6.